The highest BCUT2D eigenvalue weighted by atomic mass is 19.3. The van der Waals surface area contributed by atoms with Gasteiger partial charge >= 0.3 is 6.09 Å². The van der Waals surface area contributed by atoms with Crippen molar-refractivity contribution in [3.8, 4) is 11.9 Å². The van der Waals surface area contributed by atoms with Gasteiger partial charge in [0.05, 0.1) is 35.3 Å². The van der Waals surface area contributed by atoms with E-state index >= 15 is 8.78 Å². The van der Waals surface area contributed by atoms with Gasteiger partial charge in [-0.25, -0.2) is 14.8 Å². The van der Waals surface area contributed by atoms with E-state index in [0.29, 0.717) is 19.3 Å². The number of nitriles is 1. The van der Waals surface area contributed by atoms with E-state index in [2.05, 4.69) is 15.3 Å². The zero-order valence-corrected chi connectivity index (χ0v) is 26.4. The number of Topliss-reactive ketones (excluding diaryl/α,β-unsaturated/α-hetero) is 1. The number of halogens is 2. The van der Waals surface area contributed by atoms with Crippen molar-refractivity contribution >= 4 is 28.8 Å². The Morgan fingerprint density at radius 1 is 1.20 bits per heavy atom. The SMILES string of the molecule is CC[C@@H]1[C@@H]2CN(C(=O)[C@H](C(C)(C)C)NC(=O)O[C@]3(C)C=C3CCCCC(F)(F)c3nc4ccc(C#N)cc4nc3O2)[C@@H]1C(C)=O. The monoisotopic (exact) mass is 623 g/mol. The molecule has 0 spiro atoms. The van der Waals surface area contributed by atoms with Crippen LogP contribution in [0, 0.1) is 22.7 Å². The summed E-state index contributed by atoms with van der Waals surface area (Å²) in [5.74, 6) is -5.16. The molecule has 3 heterocycles. The van der Waals surface area contributed by atoms with Crippen molar-refractivity contribution < 1.29 is 32.6 Å². The van der Waals surface area contributed by atoms with Gasteiger partial charge in [-0.3, -0.25) is 9.59 Å². The normalized spacial score (nSPS) is 28.7. The van der Waals surface area contributed by atoms with Gasteiger partial charge in [-0.2, -0.15) is 14.0 Å². The number of rotatable bonds is 2. The lowest BCUT2D eigenvalue weighted by molar-refractivity contribution is -0.141. The van der Waals surface area contributed by atoms with E-state index < -0.39 is 71.0 Å². The third-order valence-corrected chi connectivity index (χ3v) is 9.01. The Balaban J connectivity index is 1.61. The summed E-state index contributed by atoms with van der Waals surface area (Å²) in [6.45, 7) is 10.2. The summed E-state index contributed by atoms with van der Waals surface area (Å²) in [5, 5.41) is 12.1. The lowest BCUT2D eigenvalue weighted by Crippen LogP contribution is -2.57. The Hall–Kier alpha value is -4.14. The van der Waals surface area contributed by atoms with Gasteiger partial charge in [-0.1, -0.05) is 27.7 Å². The number of benzene rings is 1. The fourth-order valence-electron chi connectivity index (χ4n) is 6.45. The molecule has 12 heteroatoms. The molecule has 45 heavy (non-hydrogen) atoms. The van der Waals surface area contributed by atoms with E-state index in [0.717, 1.165) is 5.57 Å². The van der Waals surface area contributed by atoms with E-state index in [9.17, 15) is 19.6 Å². The molecule has 240 valence electrons. The topological polar surface area (TPSA) is 135 Å². The standard InChI is InChI=1S/C33H39F2N5O5/c1-7-21-24-17-40(25(21)18(2)41)29(42)27(31(3,4)5)39-30(43)45-32(6)15-20(32)10-8-9-13-33(34,35)26-28(44-24)38-23-14-19(16-36)11-12-22(23)37-26/h11-12,14-15,21,24-25,27H,7-10,13,17H2,1-6H3,(H,39,43)/t21-,24+,25-,27-,32-/m1/s1. The number of amides is 2. The number of nitrogens with zero attached hydrogens (tertiary/aromatic N) is 4. The van der Waals surface area contributed by atoms with Gasteiger partial charge in [0, 0.05) is 12.3 Å². The van der Waals surface area contributed by atoms with Crippen LogP contribution in [0.25, 0.3) is 11.0 Å². The average molecular weight is 624 g/mol. The van der Waals surface area contributed by atoms with Gasteiger partial charge in [-0.05, 0) is 74.8 Å². The summed E-state index contributed by atoms with van der Waals surface area (Å²) in [7, 11) is 0. The molecule has 0 radical (unpaired) electrons. The zero-order chi connectivity index (χ0) is 32.9. The van der Waals surface area contributed by atoms with Crippen LogP contribution in [-0.2, 0) is 20.2 Å². The van der Waals surface area contributed by atoms with Crippen LogP contribution in [-0.4, -0.2) is 63.0 Å². The molecular formula is C33H39F2N5O5. The second kappa shape index (κ2) is 11.7. The minimum Gasteiger partial charge on any atom is -0.471 e. The maximum atomic E-state index is 16.0. The second-order valence-electron chi connectivity index (χ2n) is 13.5. The van der Waals surface area contributed by atoms with Gasteiger partial charge in [0.25, 0.3) is 5.92 Å². The predicted molar refractivity (Wildman–Crippen MR) is 160 cm³/mol. The maximum absolute atomic E-state index is 16.0. The first kappa shape index (κ1) is 32.3. The first-order valence-electron chi connectivity index (χ1n) is 15.4. The number of ketones is 1. The van der Waals surface area contributed by atoms with Crippen LogP contribution in [0.3, 0.4) is 0 Å². The molecule has 2 aliphatic heterocycles. The Bertz CT molecular complexity index is 1610. The van der Waals surface area contributed by atoms with E-state index in [1.165, 1.54) is 30.0 Å². The first-order valence-corrected chi connectivity index (χ1v) is 15.4. The molecular weight excluding hydrogens is 584 g/mol. The van der Waals surface area contributed by atoms with Crippen molar-refractivity contribution in [2.75, 3.05) is 6.54 Å². The van der Waals surface area contributed by atoms with Crippen LogP contribution in [0.5, 0.6) is 5.88 Å². The number of ether oxygens (including phenoxy) is 2. The predicted octanol–water partition coefficient (Wildman–Crippen LogP) is 5.58. The molecule has 2 bridgehead atoms. The summed E-state index contributed by atoms with van der Waals surface area (Å²) in [5.41, 5.74) is -0.850. The van der Waals surface area contributed by atoms with Gasteiger partial charge in [0.15, 0.2) is 17.1 Å². The van der Waals surface area contributed by atoms with Crippen LogP contribution in [0.2, 0.25) is 0 Å². The molecule has 1 fully saturated rings. The van der Waals surface area contributed by atoms with E-state index in [1.54, 1.807) is 33.8 Å². The second-order valence-corrected chi connectivity index (χ2v) is 13.5. The number of aromatic nitrogens is 2. The number of nitrogens with one attached hydrogen (secondary N) is 1. The maximum Gasteiger partial charge on any atom is 0.409 e. The highest BCUT2D eigenvalue weighted by molar-refractivity contribution is 5.92. The molecule has 5 rings (SSSR count). The van der Waals surface area contributed by atoms with Gasteiger partial charge in [0.2, 0.25) is 11.8 Å². The number of carbonyl (C=O) groups excluding carboxylic acids is 3. The van der Waals surface area contributed by atoms with Crippen molar-refractivity contribution in [1.29, 1.82) is 5.26 Å². The van der Waals surface area contributed by atoms with Crippen LogP contribution in [0.4, 0.5) is 13.6 Å². The number of fused-ring (bicyclic) bond motifs is 5. The third kappa shape index (κ3) is 6.35. The summed E-state index contributed by atoms with van der Waals surface area (Å²) in [4.78, 5) is 50.4. The highest BCUT2D eigenvalue weighted by Crippen LogP contribution is 2.44. The molecule has 10 nitrogen and oxygen atoms in total. The smallest absolute Gasteiger partial charge is 0.409 e. The number of carbonyl (C=O) groups is 3. The van der Waals surface area contributed by atoms with E-state index in [4.69, 9.17) is 9.47 Å². The lowest BCUT2D eigenvalue weighted by atomic mass is 9.85. The number of hydrogen-bond donors (Lipinski definition) is 1. The summed E-state index contributed by atoms with van der Waals surface area (Å²) >= 11 is 0. The quantitative estimate of drug-likeness (QED) is 0.429. The molecule has 0 unspecified atom stereocenters. The third-order valence-electron chi connectivity index (χ3n) is 9.01. The van der Waals surface area contributed by atoms with E-state index in [1.807, 2.05) is 13.0 Å². The number of alkyl halides is 2. The minimum atomic E-state index is -3.42. The Labute approximate surface area is 261 Å². The molecule has 1 aromatic heterocycles. The van der Waals surface area contributed by atoms with Gasteiger partial charge < -0.3 is 19.7 Å². The van der Waals surface area contributed by atoms with Crippen LogP contribution >= 0.6 is 0 Å². The highest BCUT2D eigenvalue weighted by Gasteiger charge is 2.51. The molecule has 2 aromatic rings. The summed E-state index contributed by atoms with van der Waals surface area (Å²) < 4.78 is 43.9. The van der Waals surface area contributed by atoms with Crippen molar-refractivity contribution in [1.82, 2.24) is 20.2 Å². The average Bonchev–Trinajstić information content (AvgIpc) is 3.44. The minimum absolute atomic E-state index is 0.0999. The molecule has 3 aliphatic rings. The fraction of sp³-hybridized carbons (Fsp3) is 0.576. The zero-order valence-electron chi connectivity index (χ0n) is 26.4. The number of hydrogen-bond acceptors (Lipinski definition) is 8. The fourth-order valence-corrected chi connectivity index (χ4v) is 6.45. The molecule has 1 aliphatic carbocycles. The Morgan fingerprint density at radius 2 is 1.93 bits per heavy atom. The van der Waals surface area contributed by atoms with Crippen LogP contribution in [0.1, 0.15) is 84.9 Å². The van der Waals surface area contributed by atoms with Crippen molar-refractivity contribution in [2.45, 2.75) is 103 Å². The van der Waals surface area contributed by atoms with E-state index in [-0.39, 0.29) is 35.3 Å². The summed E-state index contributed by atoms with van der Waals surface area (Å²) in [6.07, 6.45) is 1.01. The molecule has 5 atom stereocenters. The number of alkyl carbamates (subject to hydrolysis) is 1. The van der Waals surface area contributed by atoms with Gasteiger partial charge in [0.1, 0.15) is 12.1 Å². The molecule has 1 N–H and O–H groups in total. The van der Waals surface area contributed by atoms with Crippen LogP contribution in [0.15, 0.2) is 29.8 Å². The Morgan fingerprint density at radius 3 is 2.58 bits per heavy atom. The van der Waals surface area contributed by atoms with Crippen LogP contribution < -0.4 is 10.1 Å². The molecule has 1 saturated heterocycles. The largest absolute Gasteiger partial charge is 0.471 e. The molecule has 0 saturated carbocycles. The molecule has 2 amide bonds. The molecule has 1 aromatic carbocycles. The summed E-state index contributed by atoms with van der Waals surface area (Å²) in [6, 6.07) is 4.45. The first-order chi connectivity index (χ1) is 21.1. The van der Waals surface area contributed by atoms with Crippen molar-refractivity contribution in [3.63, 3.8) is 0 Å². The Kier molecular flexibility index (Phi) is 8.36. The van der Waals surface area contributed by atoms with Gasteiger partial charge in [-0.15, -0.1) is 0 Å². The lowest BCUT2D eigenvalue weighted by Gasteiger charge is -2.35. The van der Waals surface area contributed by atoms with Crippen molar-refractivity contribution in [2.24, 2.45) is 11.3 Å². The van der Waals surface area contributed by atoms with Crippen molar-refractivity contribution in [3.05, 3.63) is 41.1 Å².